The standard InChI is InChI=1S/C24H28N2O6S/c1-16-13-17(2)22(18(3)14-16)33(30,31)26-11-9-20(10-12-26)24(29)32-15-21(27)25-23(28)19-7-5-4-6-8-19/h4-8,13-14,20H,9-12,15H2,1-3H3,(H,25,27,28). The van der Waals surface area contributed by atoms with E-state index in [0.717, 1.165) is 5.56 Å². The number of piperidine rings is 1. The second-order valence-corrected chi connectivity index (χ2v) is 10.1. The van der Waals surface area contributed by atoms with Crippen LogP contribution in [0.25, 0.3) is 0 Å². The van der Waals surface area contributed by atoms with Crippen LogP contribution in [0.5, 0.6) is 0 Å². The lowest BCUT2D eigenvalue weighted by atomic mass is 9.98. The fourth-order valence-electron chi connectivity index (χ4n) is 4.11. The SMILES string of the molecule is Cc1cc(C)c(S(=O)(=O)N2CCC(C(=O)OCC(=O)NC(=O)c3ccccc3)CC2)c(C)c1. The molecule has 1 fully saturated rings. The van der Waals surface area contributed by atoms with E-state index < -0.39 is 40.3 Å². The molecular weight excluding hydrogens is 444 g/mol. The molecule has 0 spiro atoms. The van der Waals surface area contributed by atoms with Gasteiger partial charge in [-0.3, -0.25) is 19.7 Å². The quantitative estimate of drug-likeness (QED) is 0.647. The number of amides is 2. The number of hydrogen-bond acceptors (Lipinski definition) is 6. The Morgan fingerprint density at radius 3 is 2.15 bits per heavy atom. The normalized spacial score (nSPS) is 15.1. The summed E-state index contributed by atoms with van der Waals surface area (Å²) in [6, 6.07) is 11.9. The van der Waals surface area contributed by atoms with Crippen molar-refractivity contribution in [3.8, 4) is 0 Å². The molecule has 2 aromatic rings. The number of carbonyl (C=O) groups is 3. The predicted molar refractivity (Wildman–Crippen MR) is 122 cm³/mol. The lowest BCUT2D eigenvalue weighted by Gasteiger charge is -2.31. The van der Waals surface area contributed by atoms with E-state index in [4.69, 9.17) is 4.74 Å². The first-order chi connectivity index (χ1) is 15.6. The van der Waals surface area contributed by atoms with Gasteiger partial charge in [0.2, 0.25) is 10.0 Å². The molecule has 0 bridgehead atoms. The van der Waals surface area contributed by atoms with Gasteiger partial charge in [-0.05, 0) is 56.9 Å². The molecule has 2 amide bonds. The highest BCUT2D eigenvalue weighted by Gasteiger charge is 2.34. The number of benzene rings is 2. The smallest absolute Gasteiger partial charge is 0.309 e. The highest BCUT2D eigenvalue weighted by atomic mass is 32.2. The predicted octanol–water partition coefficient (Wildman–Crippen LogP) is 2.51. The van der Waals surface area contributed by atoms with Crippen LogP contribution >= 0.6 is 0 Å². The topological polar surface area (TPSA) is 110 Å². The number of esters is 1. The van der Waals surface area contributed by atoms with Crippen molar-refractivity contribution in [3.05, 3.63) is 64.7 Å². The molecule has 0 unspecified atom stereocenters. The zero-order chi connectivity index (χ0) is 24.2. The lowest BCUT2D eigenvalue weighted by Crippen LogP contribution is -2.41. The number of hydrogen-bond donors (Lipinski definition) is 1. The third-order valence-corrected chi connectivity index (χ3v) is 7.83. The van der Waals surface area contributed by atoms with E-state index in [1.165, 1.54) is 4.31 Å². The average Bonchev–Trinajstić information content (AvgIpc) is 2.77. The molecule has 9 heteroatoms. The van der Waals surface area contributed by atoms with Crippen LogP contribution in [0.3, 0.4) is 0 Å². The molecule has 0 atom stereocenters. The molecule has 0 radical (unpaired) electrons. The van der Waals surface area contributed by atoms with Crippen LogP contribution in [0, 0.1) is 26.7 Å². The summed E-state index contributed by atoms with van der Waals surface area (Å²) < 4.78 is 32.8. The first-order valence-corrected chi connectivity index (χ1v) is 12.2. The summed E-state index contributed by atoms with van der Waals surface area (Å²) >= 11 is 0. The lowest BCUT2D eigenvalue weighted by molar-refractivity contribution is -0.153. The summed E-state index contributed by atoms with van der Waals surface area (Å²) in [5, 5.41) is 2.17. The first-order valence-electron chi connectivity index (χ1n) is 10.7. The molecule has 1 aliphatic rings. The van der Waals surface area contributed by atoms with Crippen molar-refractivity contribution in [2.75, 3.05) is 19.7 Å². The van der Waals surface area contributed by atoms with Crippen LogP contribution in [-0.4, -0.2) is 50.2 Å². The zero-order valence-electron chi connectivity index (χ0n) is 19.0. The zero-order valence-corrected chi connectivity index (χ0v) is 19.8. The van der Waals surface area contributed by atoms with Gasteiger partial charge in [0.15, 0.2) is 6.61 Å². The number of carbonyl (C=O) groups excluding carboxylic acids is 3. The van der Waals surface area contributed by atoms with Crippen LogP contribution in [0.2, 0.25) is 0 Å². The van der Waals surface area contributed by atoms with Gasteiger partial charge in [0.25, 0.3) is 11.8 Å². The summed E-state index contributed by atoms with van der Waals surface area (Å²) in [6.45, 7) is 5.29. The fraction of sp³-hybridized carbons (Fsp3) is 0.375. The van der Waals surface area contributed by atoms with Gasteiger partial charge in [-0.15, -0.1) is 0 Å². The molecule has 0 aliphatic carbocycles. The Morgan fingerprint density at radius 1 is 1.00 bits per heavy atom. The van der Waals surface area contributed by atoms with Gasteiger partial charge in [0.05, 0.1) is 10.8 Å². The van der Waals surface area contributed by atoms with Gasteiger partial charge < -0.3 is 4.74 Å². The van der Waals surface area contributed by atoms with Crippen molar-refractivity contribution in [2.24, 2.45) is 5.92 Å². The Balaban J connectivity index is 1.52. The van der Waals surface area contributed by atoms with Gasteiger partial charge in [0.1, 0.15) is 0 Å². The van der Waals surface area contributed by atoms with Crippen molar-refractivity contribution in [2.45, 2.75) is 38.5 Å². The summed E-state index contributed by atoms with van der Waals surface area (Å²) in [5.74, 6) is -2.37. The van der Waals surface area contributed by atoms with Crippen LogP contribution < -0.4 is 5.32 Å². The number of nitrogens with zero attached hydrogens (tertiary/aromatic N) is 1. The van der Waals surface area contributed by atoms with E-state index in [9.17, 15) is 22.8 Å². The Labute approximate surface area is 194 Å². The maximum Gasteiger partial charge on any atom is 0.309 e. The second kappa shape index (κ2) is 10.3. The summed E-state index contributed by atoms with van der Waals surface area (Å²) in [5.41, 5.74) is 2.72. The molecule has 1 N–H and O–H groups in total. The summed E-state index contributed by atoms with van der Waals surface area (Å²) in [7, 11) is -3.68. The molecule has 8 nitrogen and oxygen atoms in total. The number of aryl methyl sites for hydroxylation is 3. The largest absolute Gasteiger partial charge is 0.455 e. The molecule has 176 valence electrons. The first kappa shape index (κ1) is 24.6. The highest BCUT2D eigenvalue weighted by molar-refractivity contribution is 7.89. The molecule has 33 heavy (non-hydrogen) atoms. The maximum absolute atomic E-state index is 13.2. The van der Waals surface area contributed by atoms with E-state index in [1.54, 1.807) is 44.2 Å². The molecule has 1 aliphatic heterocycles. The maximum atomic E-state index is 13.2. The van der Waals surface area contributed by atoms with E-state index >= 15 is 0 Å². The van der Waals surface area contributed by atoms with Gasteiger partial charge in [-0.2, -0.15) is 4.31 Å². The van der Waals surface area contributed by atoms with Crippen molar-refractivity contribution in [3.63, 3.8) is 0 Å². The summed E-state index contributed by atoms with van der Waals surface area (Å²) in [6.07, 6.45) is 0.596. The van der Waals surface area contributed by atoms with Gasteiger partial charge in [-0.1, -0.05) is 35.9 Å². The van der Waals surface area contributed by atoms with Crippen LogP contribution in [-0.2, 0) is 24.3 Å². The second-order valence-electron chi connectivity index (χ2n) is 8.26. The molecule has 0 aromatic heterocycles. The average molecular weight is 473 g/mol. The van der Waals surface area contributed by atoms with E-state index in [0.29, 0.717) is 34.4 Å². The minimum absolute atomic E-state index is 0.188. The molecule has 3 rings (SSSR count). The van der Waals surface area contributed by atoms with Crippen LogP contribution in [0.4, 0.5) is 0 Å². The van der Waals surface area contributed by atoms with Gasteiger partial charge in [0, 0.05) is 18.7 Å². The minimum Gasteiger partial charge on any atom is -0.455 e. The molecule has 1 heterocycles. The van der Waals surface area contributed by atoms with Crippen LogP contribution in [0.15, 0.2) is 47.4 Å². The third kappa shape index (κ3) is 5.85. The van der Waals surface area contributed by atoms with Gasteiger partial charge in [-0.25, -0.2) is 8.42 Å². The number of imide groups is 1. The van der Waals surface area contributed by atoms with Crippen molar-refractivity contribution >= 4 is 27.8 Å². The molecule has 2 aromatic carbocycles. The van der Waals surface area contributed by atoms with Crippen molar-refractivity contribution < 1.29 is 27.5 Å². The third-order valence-electron chi connectivity index (χ3n) is 5.62. The van der Waals surface area contributed by atoms with E-state index in [-0.39, 0.29) is 13.1 Å². The van der Waals surface area contributed by atoms with E-state index in [1.807, 2.05) is 19.1 Å². The Hall–Kier alpha value is -3.04. The van der Waals surface area contributed by atoms with E-state index in [2.05, 4.69) is 5.32 Å². The van der Waals surface area contributed by atoms with Crippen molar-refractivity contribution in [1.29, 1.82) is 0 Å². The minimum atomic E-state index is -3.68. The monoisotopic (exact) mass is 472 g/mol. The number of nitrogens with one attached hydrogen (secondary N) is 1. The Kier molecular flexibility index (Phi) is 7.65. The fourth-order valence-corrected chi connectivity index (χ4v) is 5.99. The summed E-state index contributed by atoms with van der Waals surface area (Å²) in [4.78, 5) is 36.6. The van der Waals surface area contributed by atoms with Crippen LogP contribution in [0.1, 0.15) is 39.9 Å². The molecular formula is C24H28N2O6S. The number of sulfonamides is 1. The number of rotatable bonds is 6. The Bertz CT molecular complexity index is 1130. The van der Waals surface area contributed by atoms with Gasteiger partial charge >= 0.3 is 5.97 Å². The number of ether oxygens (including phenoxy) is 1. The molecule has 1 saturated heterocycles. The molecule has 0 saturated carbocycles. The highest BCUT2D eigenvalue weighted by Crippen LogP contribution is 2.29. The Morgan fingerprint density at radius 2 is 1.58 bits per heavy atom. The van der Waals surface area contributed by atoms with Crippen molar-refractivity contribution in [1.82, 2.24) is 9.62 Å².